The van der Waals surface area contributed by atoms with Crippen LogP contribution in [0.3, 0.4) is 0 Å². The number of anilines is 1. The highest BCUT2D eigenvalue weighted by Crippen LogP contribution is 2.14. The van der Waals surface area contributed by atoms with Gasteiger partial charge < -0.3 is 10.2 Å². The van der Waals surface area contributed by atoms with Crippen molar-refractivity contribution in [2.75, 3.05) is 5.73 Å². The first-order chi connectivity index (χ1) is 6.75. The summed E-state index contributed by atoms with van der Waals surface area (Å²) in [6.45, 7) is 0. The van der Waals surface area contributed by atoms with E-state index in [2.05, 4.69) is 9.97 Å². The van der Waals surface area contributed by atoms with Crippen LogP contribution in [0.5, 0.6) is 0 Å². The molecule has 5 heteroatoms. The number of nitrogens with zero attached hydrogens (tertiary/aromatic N) is 2. The quantitative estimate of drug-likeness (QED) is 0.761. The van der Waals surface area contributed by atoms with E-state index in [0.717, 1.165) is 11.1 Å². The van der Waals surface area contributed by atoms with Crippen molar-refractivity contribution in [2.45, 2.75) is 11.6 Å². The number of rotatable bonds is 2. The monoisotopic (exact) mass is 206 g/mol. The molecule has 2 aromatic rings. The van der Waals surface area contributed by atoms with E-state index in [4.69, 9.17) is 22.8 Å². The lowest BCUT2D eigenvalue weighted by Gasteiger charge is -2.01. The summed E-state index contributed by atoms with van der Waals surface area (Å²) in [7, 11) is 0. The van der Waals surface area contributed by atoms with Crippen molar-refractivity contribution in [3.63, 3.8) is 0 Å². The maximum atomic E-state index is 5.69. The average Bonchev–Trinajstić information content (AvgIpc) is 2.62. The van der Waals surface area contributed by atoms with Gasteiger partial charge in [-0.15, -0.1) is 0 Å². The predicted octanol–water partition coefficient (Wildman–Crippen LogP) is 1.80. The molecule has 14 heavy (non-hydrogen) atoms. The summed E-state index contributed by atoms with van der Waals surface area (Å²) in [5.74, 6) is 0.436. The topological polar surface area (TPSA) is 64.9 Å². The Morgan fingerprint density at radius 1 is 1.50 bits per heavy atom. The minimum Gasteiger partial charge on any atom is -0.472 e. The number of hydrogen-bond acceptors (Lipinski definition) is 4. The molecule has 1 radical (unpaired) electrons. The normalized spacial score (nSPS) is 10.3. The largest absolute Gasteiger partial charge is 0.472 e. The molecule has 4 nitrogen and oxygen atoms in total. The molecule has 0 saturated carbocycles. The lowest BCUT2D eigenvalue weighted by molar-refractivity contribution is 0.564. The molecule has 0 aliphatic carbocycles. The molecule has 2 aromatic heterocycles. The summed E-state index contributed by atoms with van der Waals surface area (Å²) in [6.07, 6.45) is 5.60. The van der Waals surface area contributed by atoms with Crippen LogP contribution < -0.4 is 5.73 Å². The molecule has 0 bridgehead atoms. The number of furan rings is 1. The van der Waals surface area contributed by atoms with Gasteiger partial charge in [0, 0.05) is 18.2 Å². The summed E-state index contributed by atoms with van der Waals surface area (Å²) in [6, 6.07) is 1.88. The van der Waals surface area contributed by atoms with Crippen molar-refractivity contribution in [2.24, 2.45) is 0 Å². The van der Waals surface area contributed by atoms with Gasteiger partial charge in [-0.05, 0) is 24.3 Å². The van der Waals surface area contributed by atoms with Gasteiger partial charge in [-0.3, -0.25) is 0 Å². The third kappa shape index (κ3) is 1.82. The third-order valence-electron chi connectivity index (χ3n) is 1.85. The zero-order valence-electron chi connectivity index (χ0n) is 7.30. The van der Waals surface area contributed by atoms with Crippen LogP contribution >= 0.6 is 12.6 Å². The van der Waals surface area contributed by atoms with Crippen molar-refractivity contribution >= 4 is 18.4 Å². The van der Waals surface area contributed by atoms with Crippen LogP contribution in [-0.4, -0.2) is 9.97 Å². The second-order valence-corrected chi connectivity index (χ2v) is 3.24. The first-order valence-electron chi connectivity index (χ1n) is 4.05. The van der Waals surface area contributed by atoms with Gasteiger partial charge in [0.2, 0.25) is 5.16 Å². The molecule has 2 rings (SSSR count). The maximum absolute atomic E-state index is 5.69. The second-order valence-electron chi connectivity index (χ2n) is 2.87. The Kier molecular flexibility index (Phi) is 2.32. The molecular weight excluding hydrogens is 198 g/mol. The first kappa shape index (κ1) is 8.96. The lowest BCUT2D eigenvalue weighted by Crippen LogP contribution is -2.00. The maximum Gasteiger partial charge on any atom is 0.221 e. The molecule has 71 valence electrons. The molecule has 0 saturated heterocycles. The fourth-order valence-corrected chi connectivity index (χ4v) is 1.30. The Bertz CT molecular complexity index is 428. The molecular formula is C9H8N3OS. The smallest absolute Gasteiger partial charge is 0.221 e. The van der Waals surface area contributed by atoms with E-state index in [1.807, 2.05) is 6.07 Å². The summed E-state index contributed by atoms with van der Waals surface area (Å²) >= 11 is 4.79. The van der Waals surface area contributed by atoms with E-state index in [9.17, 15) is 0 Å². The van der Waals surface area contributed by atoms with Crippen molar-refractivity contribution in [1.29, 1.82) is 0 Å². The fourth-order valence-electron chi connectivity index (χ4n) is 1.15. The molecule has 2 heterocycles. The fraction of sp³-hybridized carbons (Fsp3) is 0.111. The van der Waals surface area contributed by atoms with Gasteiger partial charge in [0.25, 0.3) is 0 Å². The average molecular weight is 206 g/mol. The Morgan fingerprint density at radius 2 is 2.36 bits per heavy atom. The highest BCUT2D eigenvalue weighted by Gasteiger charge is 2.04. The Labute approximate surface area is 86.6 Å². The van der Waals surface area contributed by atoms with Gasteiger partial charge in [0.15, 0.2) is 0 Å². The van der Waals surface area contributed by atoms with Crippen LogP contribution in [0.1, 0.15) is 11.1 Å². The summed E-state index contributed by atoms with van der Waals surface area (Å²) in [5.41, 5.74) is 7.59. The SMILES string of the molecule is Nc1nc([S])ncc1Cc1ccoc1. The molecule has 0 spiro atoms. The van der Waals surface area contributed by atoms with E-state index in [-0.39, 0.29) is 5.16 Å². The Morgan fingerprint density at radius 3 is 3.00 bits per heavy atom. The van der Waals surface area contributed by atoms with Gasteiger partial charge in [0.1, 0.15) is 5.82 Å². The third-order valence-corrected chi connectivity index (χ3v) is 2.05. The zero-order chi connectivity index (χ0) is 9.97. The van der Waals surface area contributed by atoms with Gasteiger partial charge in [0.05, 0.1) is 12.5 Å². The van der Waals surface area contributed by atoms with Crippen molar-refractivity contribution < 1.29 is 4.42 Å². The van der Waals surface area contributed by atoms with E-state index in [1.165, 1.54) is 0 Å². The van der Waals surface area contributed by atoms with Crippen LogP contribution in [-0.2, 0) is 6.42 Å². The van der Waals surface area contributed by atoms with E-state index < -0.39 is 0 Å². The van der Waals surface area contributed by atoms with Crippen LogP contribution in [0.2, 0.25) is 0 Å². The van der Waals surface area contributed by atoms with Crippen molar-refractivity contribution in [1.82, 2.24) is 9.97 Å². The zero-order valence-corrected chi connectivity index (χ0v) is 8.12. The minimum absolute atomic E-state index is 0.276. The highest BCUT2D eigenvalue weighted by atomic mass is 32.1. The van der Waals surface area contributed by atoms with Crippen LogP contribution in [0.15, 0.2) is 34.4 Å². The van der Waals surface area contributed by atoms with E-state index in [1.54, 1.807) is 18.7 Å². The van der Waals surface area contributed by atoms with E-state index in [0.29, 0.717) is 12.2 Å². The lowest BCUT2D eigenvalue weighted by atomic mass is 10.1. The minimum atomic E-state index is 0.276. The van der Waals surface area contributed by atoms with Gasteiger partial charge >= 0.3 is 0 Å². The number of aromatic nitrogens is 2. The van der Waals surface area contributed by atoms with Crippen LogP contribution in [0.25, 0.3) is 0 Å². The molecule has 0 aliphatic heterocycles. The van der Waals surface area contributed by atoms with Crippen LogP contribution in [0, 0.1) is 0 Å². The van der Waals surface area contributed by atoms with E-state index >= 15 is 0 Å². The van der Waals surface area contributed by atoms with Gasteiger partial charge in [-0.1, -0.05) is 0 Å². The molecule has 0 aliphatic rings. The predicted molar refractivity (Wildman–Crippen MR) is 53.8 cm³/mol. The van der Waals surface area contributed by atoms with Crippen LogP contribution in [0.4, 0.5) is 5.82 Å². The molecule has 0 atom stereocenters. The standard InChI is InChI=1S/C9H8N3OS/c10-8-7(4-11-9(14)12-8)3-6-1-2-13-5-6/h1-2,4-5H,3H2,(H2,10,11,12). The summed E-state index contributed by atoms with van der Waals surface area (Å²) in [4.78, 5) is 7.82. The summed E-state index contributed by atoms with van der Waals surface area (Å²) in [5, 5.41) is 0.276. The molecule has 2 N–H and O–H groups in total. The molecule has 0 unspecified atom stereocenters. The second kappa shape index (κ2) is 3.63. The number of nitrogen functional groups attached to an aromatic ring is 1. The Hall–Kier alpha value is -1.62. The van der Waals surface area contributed by atoms with Crippen molar-refractivity contribution in [3.05, 3.63) is 35.9 Å². The number of nitrogens with two attached hydrogens (primary N) is 1. The molecule has 0 fully saturated rings. The summed E-state index contributed by atoms with van der Waals surface area (Å²) < 4.78 is 4.95. The first-order valence-corrected chi connectivity index (χ1v) is 4.46. The Balaban J connectivity index is 2.25. The molecule has 0 aromatic carbocycles. The molecule has 0 amide bonds. The van der Waals surface area contributed by atoms with Gasteiger partial charge in [-0.2, -0.15) is 0 Å². The van der Waals surface area contributed by atoms with Crippen molar-refractivity contribution in [3.8, 4) is 0 Å². The highest BCUT2D eigenvalue weighted by molar-refractivity contribution is 7.80. The van der Waals surface area contributed by atoms with Gasteiger partial charge in [-0.25, -0.2) is 9.97 Å². The number of hydrogen-bond donors (Lipinski definition) is 1.